The highest BCUT2D eigenvalue weighted by atomic mass is 35.5. The molecule has 2 amide bonds. The summed E-state index contributed by atoms with van der Waals surface area (Å²) < 4.78 is 27.0. The van der Waals surface area contributed by atoms with E-state index in [4.69, 9.17) is 11.6 Å². The van der Waals surface area contributed by atoms with Gasteiger partial charge in [0.15, 0.2) is 0 Å². The van der Waals surface area contributed by atoms with Gasteiger partial charge in [-0.05, 0) is 49.1 Å². The Balaban J connectivity index is 2.07. The number of anilines is 1. The third kappa shape index (κ3) is 8.31. The van der Waals surface area contributed by atoms with Crippen LogP contribution in [0.25, 0.3) is 0 Å². The maximum atomic E-state index is 14.1. The minimum atomic E-state index is -3.82. The lowest BCUT2D eigenvalue weighted by molar-refractivity contribution is -0.140. The Bertz CT molecular complexity index is 1400. The van der Waals surface area contributed by atoms with Gasteiger partial charge in [0, 0.05) is 24.5 Å². The molecule has 0 aliphatic rings. The van der Waals surface area contributed by atoms with Crippen LogP contribution in [-0.4, -0.2) is 50.5 Å². The van der Waals surface area contributed by atoms with Gasteiger partial charge in [0.25, 0.3) is 0 Å². The molecule has 0 bridgehead atoms. The van der Waals surface area contributed by atoms with Gasteiger partial charge < -0.3 is 10.2 Å². The average Bonchev–Trinajstić information content (AvgIpc) is 2.89. The first kappa shape index (κ1) is 30.2. The van der Waals surface area contributed by atoms with Crippen molar-refractivity contribution in [2.45, 2.75) is 46.2 Å². The van der Waals surface area contributed by atoms with Crippen LogP contribution >= 0.6 is 11.6 Å². The zero-order valence-electron chi connectivity index (χ0n) is 22.9. The van der Waals surface area contributed by atoms with E-state index in [0.717, 1.165) is 33.7 Å². The van der Waals surface area contributed by atoms with Crippen molar-refractivity contribution in [1.82, 2.24) is 10.2 Å². The first-order valence-electron chi connectivity index (χ1n) is 12.9. The highest BCUT2D eigenvalue weighted by Crippen LogP contribution is 2.25. The lowest BCUT2D eigenvalue weighted by Crippen LogP contribution is -2.53. The van der Waals surface area contributed by atoms with Gasteiger partial charge in [-0.1, -0.05) is 84.8 Å². The van der Waals surface area contributed by atoms with Crippen LogP contribution in [0, 0.1) is 13.8 Å². The van der Waals surface area contributed by atoms with Crippen molar-refractivity contribution < 1.29 is 18.0 Å². The number of rotatable bonds is 12. The van der Waals surface area contributed by atoms with Gasteiger partial charge in [0.05, 0.1) is 11.9 Å². The first-order valence-corrected chi connectivity index (χ1v) is 15.1. The first-order chi connectivity index (χ1) is 18.5. The van der Waals surface area contributed by atoms with Crippen molar-refractivity contribution in [2.75, 3.05) is 23.7 Å². The van der Waals surface area contributed by atoms with Gasteiger partial charge in [-0.25, -0.2) is 8.42 Å². The van der Waals surface area contributed by atoms with Gasteiger partial charge in [-0.15, -0.1) is 0 Å². The van der Waals surface area contributed by atoms with Gasteiger partial charge in [-0.2, -0.15) is 0 Å². The Kier molecular flexibility index (Phi) is 10.5. The minimum Gasteiger partial charge on any atom is -0.354 e. The Labute approximate surface area is 236 Å². The Morgan fingerprint density at radius 1 is 0.974 bits per heavy atom. The fourth-order valence-electron chi connectivity index (χ4n) is 4.41. The molecule has 1 N–H and O–H groups in total. The highest BCUT2D eigenvalue weighted by molar-refractivity contribution is 7.92. The summed E-state index contributed by atoms with van der Waals surface area (Å²) in [7, 11) is -3.82. The summed E-state index contributed by atoms with van der Waals surface area (Å²) in [6.07, 6.45) is 2.07. The summed E-state index contributed by atoms with van der Waals surface area (Å²) in [6, 6.07) is 21.1. The maximum Gasteiger partial charge on any atom is 0.244 e. The smallest absolute Gasteiger partial charge is 0.244 e. The number of amides is 2. The van der Waals surface area contributed by atoms with Crippen LogP contribution in [0.1, 0.15) is 35.6 Å². The maximum absolute atomic E-state index is 14.1. The molecule has 0 radical (unpaired) electrons. The van der Waals surface area contributed by atoms with Gasteiger partial charge >= 0.3 is 0 Å². The van der Waals surface area contributed by atoms with Crippen molar-refractivity contribution in [1.29, 1.82) is 0 Å². The summed E-state index contributed by atoms with van der Waals surface area (Å²) in [6.45, 7) is 5.72. The third-order valence-electron chi connectivity index (χ3n) is 6.42. The molecule has 0 aliphatic carbocycles. The number of carbonyl (C=O) groups excluding carboxylic acids is 2. The van der Waals surface area contributed by atoms with Crippen LogP contribution in [0.5, 0.6) is 0 Å². The van der Waals surface area contributed by atoms with Crippen LogP contribution in [0.2, 0.25) is 5.02 Å². The number of nitrogens with one attached hydrogen (secondary N) is 1. The quantitative estimate of drug-likeness (QED) is 0.336. The molecule has 0 aromatic heterocycles. The van der Waals surface area contributed by atoms with Gasteiger partial charge in [-0.3, -0.25) is 13.9 Å². The highest BCUT2D eigenvalue weighted by Gasteiger charge is 2.33. The normalized spacial score (nSPS) is 12.0. The molecule has 39 heavy (non-hydrogen) atoms. The van der Waals surface area contributed by atoms with Crippen LogP contribution in [0.15, 0.2) is 72.8 Å². The molecule has 0 saturated heterocycles. The molecule has 0 spiro atoms. The number of carbonyl (C=O) groups is 2. The zero-order chi connectivity index (χ0) is 28.6. The number of benzene rings is 3. The standard InChI is InChI=1S/C30H36ClN3O4S/c1-5-17-32-30(36)28(19-24-11-7-6-8-12-24)33(20-25-13-9-10-14-26(25)31)29(35)21-34(39(4,37)38)27-16-15-22(2)18-23(27)3/h6-16,18,28H,5,17,19-21H2,1-4H3,(H,32,36)/t28-/m1/s1. The van der Waals surface area contributed by atoms with E-state index >= 15 is 0 Å². The van der Waals surface area contributed by atoms with E-state index in [1.54, 1.807) is 24.3 Å². The number of nitrogens with zero attached hydrogens (tertiary/aromatic N) is 2. The molecule has 3 aromatic rings. The van der Waals surface area contributed by atoms with Gasteiger partial charge in [0.2, 0.25) is 21.8 Å². The fraction of sp³-hybridized carbons (Fsp3) is 0.333. The SMILES string of the molecule is CCCNC(=O)[C@@H](Cc1ccccc1)N(Cc1ccccc1Cl)C(=O)CN(c1ccc(C)cc1C)S(C)(=O)=O. The van der Waals surface area contributed by atoms with Crippen LogP contribution in [-0.2, 0) is 32.6 Å². The number of sulfonamides is 1. The molecule has 0 unspecified atom stereocenters. The molecule has 0 heterocycles. The fourth-order valence-corrected chi connectivity index (χ4v) is 5.51. The molecule has 9 heteroatoms. The minimum absolute atomic E-state index is 0.0417. The van der Waals surface area contributed by atoms with Crippen LogP contribution < -0.4 is 9.62 Å². The molecule has 7 nitrogen and oxygen atoms in total. The van der Waals surface area contributed by atoms with E-state index in [1.165, 1.54) is 4.90 Å². The average molecular weight is 570 g/mol. The zero-order valence-corrected chi connectivity index (χ0v) is 24.4. The predicted molar refractivity (Wildman–Crippen MR) is 157 cm³/mol. The van der Waals surface area contributed by atoms with E-state index in [1.807, 2.05) is 69.3 Å². The van der Waals surface area contributed by atoms with E-state index in [2.05, 4.69) is 5.32 Å². The predicted octanol–water partition coefficient (Wildman–Crippen LogP) is 4.89. The van der Waals surface area contributed by atoms with Crippen molar-refractivity contribution in [3.63, 3.8) is 0 Å². The van der Waals surface area contributed by atoms with Crippen molar-refractivity contribution in [3.05, 3.63) is 100 Å². The monoisotopic (exact) mass is 569 g/mol. The summed E-state index contributed by atoms with van der Waals surface area (Å²) in [5.41, 5.74) is 3.66. The Hall–Kier alpha value is -3.36. The topological polar surface area (TPSA) is 86.8 Å². The second-order valence-corrected chi connectivity index (χ2v) is 12.0. The van der Waals surface area contributed by atoms with Crippen molar-refractivity contribution in [3.8, 4) is 0 Å². The van der Waals surface area contributed by atoms with E-state index < -0.39 is 28.5 Å². The molecule has 3 aromatic carbocycles. The second kappa shape index (κ2) is 13.6. The van der Waals surface area contributed by atoms with E-state index in [9.17, 15) is 18.0 Å². The molecule has 0 aliphatic heterocycles. The number of halogens is 1. The summed E-state index contributed by atoms with van der Waals surface area (Å²) in [4.78, 5) is 29.0. The number of hydrogen-bond donors (Lipinski definition) is 1. The molecule has 0 saturated carbocycles. The Morgan fingerprint density at radius 2 is 1.64 bits per heavy atom. The summed E-state index contributed by atoms with van der Waals surface area (Å²) in [5, 5.41) is 3.38. The molecule has 208 valence electrons. The third-order valence-corrected chi connectivity index (χ3v) is 7.91. The van der Waals surface area contributed by atoms with Crippen molar-refractivity contribution >= 4 is 39.1 Å². The Morgan fingerprint density at radius 3 is 2.26 bits per heavy atom. The summed E-state index contributed by atoms with van der Waals surface area (Å²) >= 11 is 6.47. The second-order valence-electron chi connectivity index (χ2n) is 9.67. The van der Waals surface area contributed by atoms with Gasteiger partial charge in [0.1, 0.15) is 12.6 Å². The molecule has 0 fully saturated rings. The lowest BCUT2D eigenvalue weighted by atomic mass is 10.0. The van der Waals surface area contributed by atoms with Crippen LogP contribution in [0.4, 0.5) is 5.69 Å². The molecular weight excluding hydrogens is 534 g/mol. The molecular formula is C30H36ClN3O4S. The van der Waals surface area contributed by atoms with Crippen LogP contribution in [0.3, 0.4) is 0 Å². The molecule has 3 rings (SSSR count). The molecule has 1 atom stereocenters. The van der Waals surface area contributed by atoms with E-state index in [0.29, 0.717) is 22.8 Å². The number of hydrogen-bond acceptors (Lipinski definition) is 4. The summed E-state index contributed by atoms with van der Waals surface area (Å²) in [5.74, 6) is -0.813. The number of aryl methyl sites for hydroxylation is 2. The van der Waals surface area contributed by atoms with Crippen molar-refractivity contribution in [2.24, 2.45) is 0 Å². The lowest BCUT2D eigenvalue weighted by Gasteiger charge is -2.34. The largest absolute Gasteiger partial charge is 0.354 e. The van der Waals surface area contributed by atoms with E-state index in [-0.39, 0.29) is 18.9 Å².